The van der Waals surface area contributed by atoms with E-state index in [4.69, 9.17) is 0 Å². The summed E-state index contributed by atoms with van der Waals surface area (Å²) in [5, 5.41) is 0. The van der Waals surface area contributed by atoms with Gasteiger partial charge in [-0.25, -0.2) is 4.39 Å². The van der Waals surface area contributed by atoms with Crippen LogP contribution in [0.4, 0.5) is 10.1 Å². The van der Waals surface area contributed by atoms with Crippen molar-refractivity contribution >= 4 is 11.5 Å². The summed E-state index contributed by atoms with van der Waals surface area (Å²) in [6.45, 7) is 3.32. The van der Waals surface area contributed by atoms with Crippen LogP contribution in [0.3, 0.4) is 0 Å². The molecule has 0 unspecified atom stereocenters. The van der Waals surface area contributed by atoms with Gasteiger partial charge in [-0.05, 0) is 25.0 Å². The monoisotopic (exact) mass is 221 g/mol. The van der Waals surface area contributed by atoms with Crippen molar-refractivity contribution in [2.45, 2.75) is 26.2 Å². The van der Waals surface area contributed by atoms with Gasteiger partial charge < -0.3 is 4.90 Å². The van der Waals surface area contributed by atoms with Gasteiger partial charge in [-0.2, -0.15) is 0 Å². The van der Waals surface area contributed by atoms with E-state index >= 15 is 0 Å². The summed E-state index contributed by atoms with van der Waals surface area (Å²) < 4.78 is 13.7. The van der Waals surface area contributed by atoms with Crippen LogP contribution in [0, 0.1) is 12.7 Å². The van der Waals surface area contributed by atoms with E-state index in [-0.39, 0.29) is 11.6 Å². The fraction of sp³-hybridized carbons (Fsp3) is 0.462. The van der Waals surface area contributed by atoms with Gasteiger partial charge in [-0.15, -0.1) is 0 Å². The number of halogens is 1. The van der Waals surface area contributed by atoms with Crippen molar-refractivity contribution in [2.24, 2.45) is 0 Å². The van der Waals surface area contributed by atoms with Crippen LogP contribution in [0.5, 0.6) is 0 Å². The van der Waals surface area contributed by atoms with Crippen molar-refractivity contribution in [3.8, 4) is 0 Å². The number of aryl methyl sites for hydroxylation is 1. The summed E-state index contributed by atoms with van der Waals surface area (Å²) in [5.41, 5.74) is 1.60. The topological polar surface area (TPSA) is 20.3 Å². The maximum Gasteiger partial charge on any atom is 0.146 e. The number of ketones is 1. The average molecular weight is 221 g/mol. The molecule has 0 bridgehead atoms. The third-order valence-electron chi connectivity index (χ3n) is 3.05. The zero-order valence-electron chi connectivity index (χ0n) is 9.50. The van der Waals surface area contributed by atoms with Gasteiger partial charge in [0.05, 0.1) is 5.69 Å². The Kier molecular flexibility index (Phi) is 3.22. The molecule has 0 N–H and O–H groups in total. The molecule has 0 atom stereocenters. The quantitative estimate of drug-likeness (QED) is 0.726. The minimum Gasteiger partial charge on any atom is -0.369 e. The molecule has 1 aromatic rings. The van der Waals surface area contributed by atoms with E-state index in [0.717, 1.165) is 18.5 Å². The molecule has 1 aromatic carbocycles. The second-order valence-electron chi connectivity index (χ2n) is 4.28. The molecular weight excluding hydrogens is 205 g/mol. The van der Waals surface area contributed by atoms with Crippen LogP contribution in [0.25, 0.3) is 0 Å². The molecule has 1 aliphatic heterocycles. The van der Waals surface area contributed by atoms with Crippen molar-refractivity contribution in [1.82, 2.24) is 0 Å². The zero-order chi connectivity index (χ0) is 11.5. The highest BCUT2D eigenvalue weighted by Gasteiger charge is 2.18. The molecule has 1 fully saturated rings. The van der Waals surface area contributed by atoms with Crippen LogP contribution in [-0.2, 0) is 4.79 Å². The predicted octanol–water partition coefficient (Wildman–Crippen LogP) is 2.69. The van der Waals surface area contributed by atoms with Crippen molar-refractivity contribution < 1.29 is 9.18 Å². The third-order valence-corrected chi connectivity index (χ3v) is 3.05. The van der Waals surface area contributed by atoms with E-state index in [1.54, 1.807) is 6.07 Å². The molecular formula is C13H16FNO. The molecule has 1 aliphatic rings. The van der Waals surface area contributed by atoms with Crippen LogP contribution < -0.4 is 4.90 Å². The lowest BCUT2D eigenvalue weighted by Gasteiger charge is -2.24. The van der Waals surface area contributed by atoms with Gasteiger partial charge in [0.25, 0.3) is 0 Å². The summed E-state index contributed by atoms with van der Waals surface area (Å²) in [6.07, 6.45) is 1.99. The molecule has 2 nitrogen and oxygen atoms in total. The van der Waals surface area contributed by atoms with Crippen LogP contribution in [0.2, 0.25) is 0 Å². The van der Waals surface area contributed by atoms with E-state index in [9.17, 15) is 9.18 Å². The maximum atomic E-state index is 13.7. The zero-order valence-corrected chi connectivity index (χ0v) is 9.50. The Morgan fingerprint density at radius 1 is 1.25 bits per heavy atom. The van der Waals surface area contributed by atoms with Gasteiger partial charge in [-0.3, -0.25) is 4.79 Å². The van der Waals surface area contributed by atoms with Gasteiger partial charge in [-0.1, -0.05) is 12.1 Å². The van der Waals surface area contributed by atoms with Gasteiger partial charge in [0.15, 0.2) is 0 Å². The fourth-order valence-electron chi connectivity index (χ4n) is 2.21. The Hall–Kier alpha value is -1.38. The molecule has 0 saturated carbocycles. The van der Waals surface area contributed by atoms with Crippen LogP contribution in [0.1, 0.15) is 24.8 Å². The summed E-state index contributed by atoms with van der Waals surface area (Å²) in [6, 6.07) is 5.11. The SMILES string of the molecule is Cc1cccc(F)c1N1CCCC(=O)CC1. The van der Waals surface area contributed by atoms with Gasteiger partial charge >= 0.3 is 0 Å². The molecule has 0 radical (unpaired) electrons. The number of rotatable bonds is 1. The number of benzene rings is 1. The Balaban J connectivity index is 2.26. The van der Waals surface area contributed by atoms with E-state index in [0.29, 0.717) is 25.1 Å². The molecule has 0 spiro atoms. The summed E-state index contributed by atoms with van der Waals surface area (Å²) in [4.78, 5) is 13.3. The van der Waals surface area contributed by atoms with Crippen LogP contribution in [-0.4, -0.2) is 18.9 Å². The number of hydrogen-bond donors (Lipinski definition) is 0. The maximum absolute atomic E-state index is 13.7. The van der Waals surface area contributed by atoms with Crippen molar-refractivity contribution in [3.63, 3.8) is 0 Å². The third kappa shape index (κ3) is 2.23. The lowest BCUT2D eigenvalue weighted by Crippen LogP contribution is -2.26. The second kappa shape index (κ2) is 4.64. The number of anilines is 1. The number of carbonyl (C=O) groups is 1. The molecule has 2 rings (SSSR count). The number of para-hydroxylation sites is 1. The first-order chi connectivity index (χ1) is 7.68. The minimum absolute atomic E-state index is 0.186. The average Bonchev–Trinajstić information content (AvgIpc) is 2.44. The van der Waals surface area contributed by atoms with Gasteiger partial charge in [0.2, 0.25) is 0 Å². The highest BCUT2D eigenvalue weighted by Crippen LogP contribution is 2.25. The summed E-state index contributed by atoms with van der Waals surface area (Å²) in [7, 11) is 0. The fourth-order valence-corrected chi connectivity index (χ4v) is 2.21. The smallest absolute Gasteiger partial charge is 0.146 e. The predicted molar refractivity (Wildman–Crippen MR) is 62.2 cm³/mol. The highest BCUT2D eigenvalue weighted by molar-refractivity contribution is 5.79. The highest BCUT2D eigenvalue weighted by atomic mass is 19.1. The Morgan fingerprint density at radius 3 is 2.81 bits per heavy atom. The first-order valence-electron chi connectivity index (χ1n) is 5.70. The molecule has 0 aromatic heterocycles. The lowest BCUT2D eigenvalue weighted by molar-refractivity contribution is -0.118. The van der Waals surface area contributed by atoms with Crippen molar-refractivity contribution in [1.29, 1.82) is 0 Å². The lowest BCUT2D eigenvalue weighted by atomic mass is 10.1. The van der Waals surface area contributed by atoms with Crippen molar-refractivity contribution in [2.75, 3.05) is 18.0 Å². The first kappa shape index (κ1) is 11.1. The number of Topliss-reactive ketones (excluding diaryl/α,β-unsaturated/α-hetero) is 1. The van der Waals surface area contributed by atoms with Crippen molar-refractivity contribution in [3.05, 3.63) is 29.6 Å². The summed E-state index contributed by atoms with van der Waals surface area (Å²) in [5.74, 6) is 0.103. The number of carbonyl (C=O) groups excluding carboxylic acids is 1. The van der Waals surface area contributed by atoms with Crippen LogP contribution >= 0.6 is 0 Å². The van der Waals surface area contributed by atoms with E-state index in [1.807, 2.05) is 17.9 Å². The molecule has 16 heavy (non-hydrogen) atoms. The second-order valence-corrected chi connectivity index (χ2v) is 4.28. The Morgan fingerprint density at radius 2 is 2.06 bits per heavy atom. The van der Waals surface area contributed by atoms with Gasteiger partial charge in [0, 0.05) is 25.9 Å². The molecule has 0 aliphatic carbocycles. The molecule has 1 saturated heterocycles. The van der Waals surface area contributed by atoms with E-state index < -0.39 is 0 Å². The number of nitrogens with zero attached hydrogens (tertiary/aromatic N) is 1. The van der Waals surface area contributed by atoms with E-state index in [2.05, 4.69) is 0 Å². The molecule has 3 heteroatoms. The molecule has 86 valence electrons. The molecule has 0 amide bonds. The summed E-state index contributed by atoms with van der Waals surface area (Å²) >= 11 is 0. The normalized spacial score (nSPS) is 17.4. The Labute approximate surface area is 95.1 Å². The van der Waals surface area contributed by atoms with Gasteiger partial charge in [0.1, 0.15) is 11.6 Å². The van der Waals surface area contributed by atoms with E-state index in [1.165, 1.54) is 6.07 Å². The minimum atomic E-state index is -0.186. The standard InChI is InChI=1S/C13H16FNO/c1-10-4-2-6-12(14)13(10)15-8-3-5-11(16)7-9-15/h2,4,6H,3,5,7-9H2,1H3. The molecule has 1 heterocycles. The first-order valence-corrected chi connectivity index (χ1v) is 5.70. The largest absolute Gasteiger partial charge is 0.369 e. The number of hydrogen-bond acceptors (Lipinski definition) is 2. The van der Waals surface area contributed by atoms with Crippen LogP contribution in [0.15, 0.2) is 18.2 Å². The Bertz CT molecular complexity index is 383.